The zero-order valence-corrected chi connectivity index (χ0v) is 36.0. The number of hydrogen-bond donors (Lipinski definition) is 1. The molecular weight excluding hydrogens is 816 g/mol. The summed E-state index contributed by atoms with van der Waals surface area (Å²) in [6, 6.07) is 0.496. The number of nitrogens with zero attached hydrogens (tertiary/aromatic N) is 6. The first kappa shape index (κ1) is 43.6. The van der Waals surface area contributed by atoms with Gasteiger partial charge in [-0.3, -0.25) is 4.79 Å². The molecule has 304 valence electrons. The van der Waals surface area contributed by atoms with Crippen LogP contribution in [0.3, 0.4) is 0 Å². The van der Waals surface area contributed by atoms with Crippen molar-refractivity contribution in [3.8, 4) is 0 Å². The molecule has 10 aliphatic rings. The number of allylic oxidation sites excluding steroid dienone is 18. The molecule has 0 spiro atoms. The Morgan fingerprint density at radius 1 is 0.508 bits per heavy atom. The maximum Gasteiger partial charge on any atom is 8.00 e. The third kappa shape index (κ3) is 13.2. The fraction of sp³-hybridized carbons (Fsp3) is 0.380. The minimum atomic E-state index is 0. The first-order chi connectivity index (χ1) is 28.6. The van der Waals surface area contributed by atoms with E-state index in [1.807, 2.05) is 91.4 Å². The van der Waals surface area contributed by atoms with Crippen LogP contribution in [0.4, 0.5) is 0 Å². The van der Waals surface area contributed by atoms with Gasteiger partial charge in [0.15, 0.2) is 0 Å². The smallest absolute Gasteiger partial charge is 0.665 e. The molecule has 4 fully saturated rings. The number of carbonyl (C=O) groups excluding carboxylic acids is 1. The number of nitrogens with one attached hydrogen (secondary N) is 1. The average molecular weight is 873 g/mol. The molecule has 0 unspecified atom stereocenters. The molecule has 0 aromatic heterocycles. The maximum absolute atomic E-state index is 12.6. The Balaban J connectivity index is 0.000000190. The predicted molar refractivity (Wildman–Crippen MR) is 240 cm³/mol. The zero-order valence-electron chi connectivity index (χ0n) is 34.2. The summed E-state index contributed by atoms with van der Waals surface area (Å²) in [6.45, 7) is 2.09. The van der Waals surface area contributed by atoms with Gasteiger partial charge in [0.1, 0.15) is 0 Å². The molecular formula is C50H57N7ORu+2. The first-order valence-electron chi connectivity index (χ1n) is 21.4. The standard InChI is InChI=1S/C30H41N3O.2C10H8N2.Ru/c1-21-10-12-31-27(14-21)28-20-22(11-13-32-28)8-6-4-2-3-5-7-9-29(34)33-30-25-16-23-15-24(18-25)19-26(30)17-23;2*1-3-7-11-9(5-1)10-6-2-4-8-12-10;/h10-14,20,23-26,30H,2-9,15-19H2,1H3,(H,33,34);2*1-8H;/q3*-2;+8. The normalized spacial score (nSPS) is 29.5. The van der Waals surface area contributed by atoms with Gasteiger partial charge in [0.2, 0.25) is 5.91 Å². The van der Waals surface area contributed by atoms with Crippen LogP contribution >= 0.6 is 0 Å². The van der Waals surface area contributed by atoms with Gasteiger partial charge in [0, 0.05) is 12.5 Å². The molecule has 6 aliphatic heterocycles. The Kier molecular flexibility index (Phi) is 17.0. The van der Waals surface area contributed by atoms with Crippen molar-refractivity contribution in [2.45, 2.75) is 96.4 Å². The Morgan fingerprint density at radius 2 is 0.949 bits per heavy atom. The summed E-state index contributed by atoms with van der Waals surface area (Å²) in [5.74, 6) is 3.83. The molecule has 4 bridgehead atoms. The summed E-state index contributed by atoms with van der Waals surface area (Å²) < 4.78 is 0. The summed E-state index contributed by atoms with van der Waals surface area (Å²) in [4.78, 5) is 12.6. The molecule has 0 saturated heterocycles. The van der Waals surface area contributed by atoms with Crippen LogP contribution in [-0.4, -0.2) is 11.9 Å². The summed E-state index contributed by atoms with van der Waals surface area (Å²) in [6.07, 6.45) is 58.4. The maximum atomic E-state index is 12.6. The fourth-order valence-electron chi connectivity index (χ4n) is 9.24. The van der Waals surface area contributed by atoms with E-state index in [2.05, 4.69) is 62.4 Å². The van der Waals surface area contributed by atoms with E-state index in [0.717, 1.165) is 77.1 Å². The summed E-state index contributed by atoms with van der Waals surface area (Å²) in [5, 5.41) is 29.2. The molecule has 1 N–H and O–H groups in total. The molecule has 4 saturated carbocycles. The van der Waals surface area contributed by atoms with Crippen LogP contribution in [0, 0.1) is 23.7 Å². The van der Waals surface area contributed by atoms with E-state index in [4.69, 9.17) is 0 Å². The molecule has 1 amide bonds. The van der Waals surface area contributed by atoms with Crippen molar-refractivity contribution in [3.05, 3.63) is 212 Å². The largest absolute Gasteiger partial charge is 8.00 e. The van der Waals surface area contributed by atoms with Gasteiger partial charge in [-0.2, -0.15) is 71.4 Å². The Hall–Kier alpha value is -5.01. The van der Waals surface area contributed by atoms with Crippen LogP contribution in [0.1, 0.15) is 90.4 Å². The predicted octanol–water partition coefficient (Wildman–Crippen LogP) is 14.2. The van der Waals surface area contributed by atoms with E-state index in [9.17, 15) is 4.79 Å². The number of rotatable bonds is 10. The summed E-state index contributed by atoms with van der Waals surface area (Å²) >= 11 is 0. The van der Waals surface area contributed by atoms with Crippen LogP contribution in [0.15, 0.2) is 180 Å². The van der Waals surface area contributed by atoms with Gasteiger partial charge >= 0.3 is 19.5 Å². The molecule has 9 heteroatoms. The number of unbranched alkanes of at least 4 members (excludes halogenated alkanes) is 5. The summed E-state index contributed by atoms with van der Waals surface area (Å²) in [7, 11) is 0. The second-order valence-corrected chi connectivity index (χ2v) is 16.3. The van der Waals surface area contributed by atoms with E-state index in [1.165, 1.54) is 75.4 Å². The van der Waals surface area contributed by atoms with Gasteiger partial charge in [-0.1, -0.05) is 134 Å². The monoisotopic (exact) mass is 873 g/mol. The van der Waals surface area contributed by atoms with Gasteiger partial charge in [0.05, 0.1) is 0 Å². The van der Waals surface area contributed by atoms with Crippen molar-refractivity contribution in [3.63, 3.8) is 0 Å². The SMILES string of the molecule is C1=C[N-]C(=C2C=CC=C[N-]2)C=C1.C1=C[N-]C(=C2C=CC=C[N-]2)C=C1.CC1=CC(=C2C=C(CCCCCCCCC(=O)NC3C4CC5CC(C4)CC3C5)C=C[N-]2)[N-]C=C1.[Ru+8]. The average Bonchev–Trinajstić information content (AvgIpc) is 3.27. The van der Waals surface area contributed by atoms with Crippen LogP contribution in [0.2, 0.25) is 0 Å². The van der Waals surface area contributed by atoms with E-state index < -0.39 is 0 Å². The number of carbonyl (C=O) groups is 1. The minimum Gasteiger partial charge on any atom is -0.665 e. The van der Waals surface area contributed by atoms with Crippen molar-refractivity contribution < 1.29 is 24.3 Å². The molecule has 0 aromatic rings. The number of amides is 1. The van der Waals surface area contributed by atoms with Gasteiger partial charge in [-0.05, 0) is 82.0 Å². The first-order valence-corrected chi connectivity index (χ1v) is 21.4. The molecule has 0 aromatic carbocycles. The Morgan fingerprint density at radius 3 is 1.42 bits per heavy atom. The molecule has 0 radical (unpaired) electrons. The van der Waals surface area contributed by atoms with Gasteiger partial charge in [-0.25, -0.2) is 0 Å². The topological polar surface area (TPSA) is 114 Å². The molecule has 59 heavy (non-hydrogen) atoms. The molecule has 0 atom stereocenters. The Labute approximate surface area is 365 Å². The molecule has 8 nitrogen and oxygen atoms in total. The van der Waals surface area contributed by atoms with Crippen molar-refractivity contribution >= 4 is 5.91 Å². The van der Waals surface area contributed by atoms with E-state index >= 15 is 0 Å². The van der Waals surface area contributed by atoms with Gasteiger partial charge < -0.3 is 37.2 Å². The number of hydrogen-bond acceptors (Lipinski definition) is 1. The fourth-order valence-corrected chi connectivity index (χ4v) is 9.24. The molecule has 6 heterocycles. The van der Waals surface area contributed by atoms with Gasteiger partial charge in [0.25, 0.3) is 0 Å². The molecule has 4 aliphatic carbocycles. The van der Waals surface area contributed by atoms with Crippen LogP contribution in [-0.2, 0) is 24.3 Å². The third-order valence-corrected chi connectivity index (χ3v) is 11.9. The van der Waals surface area contributed by atoms with Gasteiger partial charge in [-0.15, -0.1) is 0 Å². The third-order valence-electron chi connectivity index (χ3n) is 11.9. The molecule has 10 rings (SSSR count). The second-order valence-electron chi connectivity index (χ2n) is 16.3. The second kappa shape index (κ2) is 23.0. The van der Waals surface area contributed by atoms with Crippen LogP contribution in [0.25, 0.3) is 31.9 Å². The van der Waals surface area contributed by atoms with E-state index in [1.54, 1.807) is 24.8 Å². The van der Waals surface area contributed by atoms with Crippen LogP contribution in [0.5, 0.6) is 0 Å². The van der Waals surface area contributed by atoms with Crippen molar-refractivity contribution in [1.29, 1.82) is 0 Å². The Bertz CT molecular complexity index is 1800. The van der Waals surface area contributed by atoms with E-state index in [0.29, 0.717) is 11.9 Å². The van der Waals surface area contributed by atoms with E-state index in [-0.39, 0.29) is 19.5 Å². The van der Waals surface area contributed by atoms with Crippen molar-refractivity contribution in [2.75, 3.05) is 0 Å². The van der Waals surface area contributed by atoms with Crippen molar-refractivity contribution in [1.82, 2.24) is 5.32 Å². The summed E-state index contributed by atoms with van der Waals surface area (Å²) in [5.41, 5.74) is 8.13. The van der Waals surface area contributed by atoms with Crippen LogP contribution < -0.4 is 5.32 Å². The van der Waals surface area contributed by atoms with Crippen molar-refractivity contribution in [2.24, 2.45) is 23.7 Å². The minimum absolute atomic E-state index is 0. The zero-order chi connectivity index (χ0) is 39.8. The quantitative estimate of drug-likeness (QED) is 0.171.